The Hall–Kier alpha value is -1.58. The van der Waals surface area contributed by atoms with Crippen molar-refractivity contribution in [1.82, 2.24) is 0 Å². The summed E-state index contributed by atoms with van der Waals surface area (Å²) >= 11 is 0. The number of nitrogens with zero attached hydrogens (tertiary/aromatic N) is 1. The predicted octanol–water partition coefficient (Wildman–Crippen LogP) is 2.74. The van der Waals surface area contributed by atoms with Crippen molar-refractivity contribution in [2.75, 3.05) is 0 Å². The van der Waals surface area contributed by atoms with Crippen LogP contribution < -0.4 is 0 Å². The molecule has 1 aromatic rings. The topological polar surface area (TPSA) is 52.4 Å². The normalized spacial score (nSPS) is 12.1. The van der Waals surface area contributed by atoms with E-state index in [0.717, 1.165) is 12.0 Å². The minimum Gasteiger partial charge on any atom is -0.306 e. The van der Waals surface area contributed by atoms with E-state index in [4.69, 9.17) is 0 Å². The molecule has 0 spiro atoms. The summed E-state index contributed by atoms with van der Waals surface area (Å²) in [7, 11) is 0. The van der Waals surface area contributed by atoms with Crippen LogP contribution in [0.4, 0.5) is 0 Å². The number of hydrogen-bond acceptors (Lipinski definition) is 3. The Kier molecular flexibility index (Phi) is 3.91. The van der Waals surface area contributed by atoms with E-state index in [0.29, 0.717) is 6.42 Å². The summed E-state index contributed by atoms with van der Waals surface area (Å²) in [5, 5.41) is 9.51. The average Bonchev–Trinajstić information content (AvgIpc) is 2.18. The van der Waals surface area contributed by atoms with Crippen LogP contribution in [0.15, 0.2) is 30.3 Å². The van der Waals surface area contributed by atoms with Gasteiger partial charge in [0.2, 0.25) is 0 Å². The Labute approximate surface area is 82.6 Å². The summed E-state index contributed by atoms with van der Waals surface area (Å²) in [4.78, 5) is 14.8. The van der Waals surface area contributed by atoms with Gasteiger partial charge in [0.1, 0.15) is 6.10 Å². The van der Waals surface area contributed by atoms with Gasteiger partial charge in [0.25, 0.3) is 5.09 Å². The molecule has 0 fully saturated rings. The quantitative estimate of drug-likeness (QED) is 0.536. The fourth-order valence-electron chi connectivity index (χ4n) is 1.31. The van der Waals surface area contributed by atoms with Crippen molar-refractivity contribution in [2.24, 2.45) is 0 Å². The fourth-order valence-corrected chi connectivity index (χ4v) is 1.31. The highest BCUT2D eigenvalue weighted by molar-refractivity contribution is 5.17. The second-order valence-electron chi connectivity index (χ2n) is 3.02. The lowest BCUT2D eigenvalue weighted by Crippen LogP contribution is -2.09. The molecule has 4 heteroatoms. The third kappa shape index (κ3) is 3.05. The van der Waals surface area contributed by atoms with Gasteiger partial charge >= 0.3 is 0 Å². The van der Waals surface area contributed by atoms with Crippen LogP contribution in [-0.2, 0) is 4.84 Å². The lowest BCUT2D eigenvalue weighted by Gasteiger charge is -2.13. The minimum atomic E-state index is -0.729. The lowest BCUT2D eigenvalue weighted by atomic mass is 10.1. The highest BCUT2D eigenvalue weighted by atomic mass is 17.0. The van der Waals surface area contributed by atoms with Crippen LogP contribution in [0.2, 0.25) is 0 Å². The molecule has 0 radical (unpaired) electrons. The first-order valence-electron chi connectivity index (χ1n) is 4.60. The van der Waals surface area contributed by atoms with E-state index in [-0.39, 0.29) is 0 Å². The van der Waals surface area contributed by atoms with Crippen molar-refractivity contribution in [3.63, 3.8) is 0 Å². The first-order valence-corrected chi connectivity index (χ1v) is 4.60. The zero-order chi connectivity index (χ0) is 10.4. The summed E-state index contributed by atoms with van der Waals surface area (Å²) in [6.45, 7) is 1.97. The summed E-state index contributed by atoms with van der Waals surface area (Å²) in [6, 6.07) is 9.24. The SMILES string of the molecule is CCCC(O[N+](=O)[O-])c1ccccc1. The standard InChI is InChI=1S/C10H13NO3/c1-2-6-10(14-11(12)13)9-7-4-3-5-8-9/h3-5,7-8,10H,2,6H2,1H3. The Morgan fingerprint density at radius 2 is 2.07 bits per heavy atom. The van der Waals surface area contributed by atoms with Crippen LogP contribution in [0.5, 0.6) is 0 Å². The molecule has 0 aliphatic carbocycles. The summed E-state index contributed by atoms with van der Waals surface area (Å²) in [5.41, 5.74) is 0.853. The van der Waals surface area contributed by atoms with Crippen LogP contribution in [-0.4, -0.2) is 5.09 Å². The first-order chi connectivity index (χ1) is 6.74. The van der Waals surface area contributed by atoms with Gasteiger partial charge in [-0.3, -0.25) is 0 Å². The highest BCUT2D eigenvalue weighted by Crippen LogP contribution is 2.22. The van der Waals surface area contributed by atoms with Crippen LogP contribution in [0.3, 0.4) is 0 Å². The molecule has 1 aromatic carbocycles. The van der Waals surface area contributed by atoms with Crippen molar-refractivity contribution in [3.8, 4) is 0 Å². The average molecular weight is 195 g/mol. The van der Waals surface area contributed by atoms with Gasteiger partial charge in [-0.1, -0.05) is 43.7 Å². The Bertz CT molecular complexity index is 287. The molecule has 0 aromatic heterocycles. The van der Waals surface area contributed by atoms with Gasteiger partial charge in [0, 0.05) is 0 Å². The van der Waals surface area contributed by atoms with Gasteiger partial charge < -0.3 is 4.84 Å². The Morgan fingerprint density at radius 1 is 1.43 bits per heavy atom. The smallest absolute Gasteiger partial charge is 0.295 e. The maximum atomic E-state index is 10.2. The molecule has 0 N–H and O–H groups in total. The van der Waals surface area contributed by atoms with Crippen molar-refractivity contribution in [1.29, 1.82) is 0 Å². The minimum absolute atomic E-state index is 0.434. The van der Waals surface area contributed by atoms with Crippen molar-refractivity contribution < 1.29 is 9.92 Å². The molecule has 0 saturated heterocycles. The lowest BCUT2D eigenvalue weighted by molar-refractivity contribution is -0.771. The fraction of sp³-hybridized carbons (Fsp3) is 0.400. The summed E-state index contributed by atoms with van der Waals surface area (Å²) in [5.74, 6) is 0. The number of benzene rings is 1. The third-order valence-electron chi connectivity index (χ3n) is 1.94. The molecular weight excluding hydrogens is 182 g/mol. The van der Waals surface area contributed by atoms with Crippen LogP contribution in [0, 0.1) is 10.1 Å². The van der Waals surface area contributed by atoms with E-state index >= 15 is 0 Å². The highest BCUT2D eigenvalue weighted by Gasteiger charge is 2.13. The largest absolute Gasteiger partial charge is 0.306 e. The van der Waals surface area contributed by atoms with Crippen LogP contribution in [0.1, 0.15) is 31.4 Å². The Balaban J connectivity index is 2.72. The van der Waals surface area contributed by atoms with E-state index in [2.05, 4.69) is 4.84 Å². The second kappa shape index (κ2) is 5.21. The monoisotopic (exact) mass is 195 g/mol. The van der Waals surface area contributed by atoms with E-state index in [1.54, 1.807) is 0 Å². The number of hydrogen-bond donors (Lipinski definition) is 0. The Morgan fingerprint density at radius 3 is 2.57 bits per heavy atom. The van der Waals surface area contributed by atoms with Gasteiger partial charge in [0.15, 0.2) is 0 Å². The van der Waals surface area contributed by atoms with Gasteiger partial charge in [-0.2, -0.15) is 0 Å². The molecule has 4 nitrogen and oxygen atoms in total. The molecule has 0 bridgehead atoms. The molecule has 1 rings (SSSR count). The molecule has 0 aliphatic rings. The third-order valence-corrected chi connectivity index (χ3v) is 1.94. The van der Waals surface area contributed by atoms with Gasteiger partial charge in [0.05, 0.1) is 0 Å². The zero-order valence-electron chi connectivity index (χ0n) is 8.05. The van der Waals surface area contributed by atoms with Gasteiger partial charge in [-0.25, -0.2) is 0 Å². The molecule has 0 amide bonds. The molecular formula is C10H13NO3. The van der Waals surface area contributed by atoms with Gasteiger partial charge in [-0.15, -0.1) is 10.1 Å². The van der Waals surface area contributed by atoms with E-state index in [1.807, 2.05) is 37.3 Å². The predicted molar refractivity (Wildman–Crippen MR) is 52.2 cm³/mol. The molecule has 0 aliphatic heterocycles. The molecule has 0 heterocycles. The van der Waals surface area contributed by atoms with Crippen LogP contribution >= 0.6 is 0 Å². The molecule has 14 heavy (non-hydrogen) atoms. The molecule has 76 valence electrons. The molecule has 0 saturated carbocycles. The first kappa shape index (κ1) is 10.5. The van der Waals surface area contributed by atoms with Gasteiger partial charge in [-0.05, 0) is 12.0 Å². The second-order valence-corrected chi connectivity index (χ2v) is 3.02. The summed E-state index contributed by atoms with van der Waals surface area (Å²) in [6.07, 6.45) is 1.08. The maximum absolute atomic E-state index is 10.2. The van der Waals surface area contributed by atoms with E-state index < -0.39 is 11.2 Å². The molecule has 1 unspecified atom stereocenters. The summed E-state index contributed by atoms with van der Waals surface area (Å²) < 4.78 is 0. The van der Waals surface area contributed by atoms with Crippen molar-refractivity contribution in [3.05, 3.63) is 46.0 Å². The van der Waals surface area contributed by atoms with E-state index in [9.17, 15) is 10.1 Å². The number of rotatable bonds is 5. The zero-order valence-corrected chi connectivity index (χ0v) is 8.05. The van der Waals surface area contributed by atoms with Crippen molar-refractivity contribution in [2.45, 2.75) is 25.9 Å². The van der Waals surface area contributed by atoms with Crippen LogP contribution in [0.25, 0.3) is 0 Å². The molecule has 1 atom stereocenters. The van der Waals surface area contributed by atoms with E-state index in [1.165, 1.54) is 0 Å². The maximum Gasteiger partial charge on any atom is 0.295 e. The van der Waals surface area contributed by atoms with Crippen molar-refractivity contribution >= 4 is 0 Å².